The van der Waals surface area contributed by atoms with Crippen LogP contribution in [0.4, 0.5) is 4.39 Å². The van der Waals surface area contributed by atoms with E-state index in [1.165, 1.54) is 6.07 Å². The van der Waals surface area contributed by atoms with Crippen LogP contribution in [0.5, 0.6) is 0 Å². The highest BCUT2D eigenvalue weighted by Crippen LogP contribution is 2.09. The zero-order chi connectivity index (χ0) is 15.1. The fraction of sp³-hybridized carbons (Fsp3) is 0.438. The smallest absolute Gasteiger partial charge is 0.236 e. The van der Waals surface area contributed by atoms with Crippen LogP contribution >= 0.6 is 0 Å². The summed E-state index contributed by atoms with van der Waals surface area (Å²) in [4.78, 5) is 15.7. The molecule has 3 nitrogen and oxygen atoms in total. The van der Waals surface area contributed by atoms with Crippen LogP contribution in [0.2, 0.25) is 0 Å². The molecule has 0 aliphatic heterocycles. The molecule has 110 valence electrons. The van der Waals surface area contributed by atoms with Crippen LogP contribution in [0.1, 0.15) is 19.4 Å². The number of hydrogen-bond acceptors (Lipinski definition) is 2. The fourth-order valence-electron chi connectivity index (χ4n) is 1.94. The van der Waals surface area contributed by atoms with Crippen molar-refractivity contribution >= 4 is 5.91 Å². The predicted molar refractivity (Wildman–Crippen MR) is 79.8 cm³/mol. The molecule has 20 heavy (non-hydrogen) atoms. The highest BCUT2D eigenvalue weighted by atomic mass is 19.1. The van der Waals surface area contributed by atoms with E-state index in [0.717, 1.165) is 12.1 Å². The summed E-state index contributed by atoms with van der Waals surface area (Å²) in [6.07, 6.45) is 0. The first-order valence-corrected chi connectivity index (χ1v) is 6.78. The lowest BCUT2D eigenvalue weighted by atomic mass is 10.2. The summed E-state index contributed by atoms with van der Waals surface area (Å²) in [7, 11) is 1.70. The van der Waals surface area contributed by atoms with Gasteiger partial charge in [-0.2, -0.15) is 0 Å². The van der Waals surface area contributed by atoms with Crippen LogP contribution in [-0.4, -0.2) is 42.4 Å². The number of halogens is 1. The third-order valence-corrected chi connectivity index (χ3v) is 3.09. The SMILES string of the molecule is C=C(C)CN(CC)CC(=O)N(C)Cc1ccccc1F. The molecule has 1 aromatic rings. The Labute approximate surface area is 120 Å². The quantitative estimate of drug-likeness (QED) is 0.716. The standard InChI is InChI=1S/C16H23FN2O/c1-5-19(10-13(2)3)12-16(20)18(4)11-14-8-6-7-9-15(14)17/h6-9H,2,5,10-12H2,1,3-4H3. The molecule has 0 bridgehead atoms. The second-order valence-corrected chi connectivity index (χ2v) is 5.10. The minimum atomic E-state index is -0.276. The molecule has 0 aliphatic carbocycles. The second kappa shape index (κ2) is 7.80. The largest absolute Gasteiger partial charge is 0.340 e. The van der Waals surface area contributed by atoms with Crippen molar-refractivity contribution in [2.24, 2.45) is 0 Å². The highest BCUT2D eigenvalue weighted by molar-refractivity contribution is 5.78. The van der Waals surface area contributed by atoms with Gasteiger partial charge in [0.1, 0.15) is 5.82 Å². The van der Waals surface area contributed by atoms with Crippen molar-refractivity contribution in [1.82, 2.24) is 9.80 Å². The van der Waals surface area contributed by atoms with E-state index in [-0.39, 0.29) is 18.3 Å². The third-order valence-electron chi connectivity index (χ3n) is 3.09. The van der Waals surface area contributed by atoms with Crippen LogP contribution < -0.4 is 0 Å². The molecule has 0 aromatic heterocycles. The van der Waals surface area contributed by atoms with E-state index in [0.29, 0.717) is 18.7 Å². The van der Waals surface area contributed by atoms with Crippen molar-refractivity contribution < 1.29 is 9.18 Å². The number of rotatable bonds is 7. The highest BCUT2D eigenvalue weighted by Gasteiger charge is 2.14. The van der Waals surface area contributed by atoms with Gasteiger partial charge >= 0.3 is 0 Å². The number of benzene rings is 1. The van der Waals surface area contributed by atoms with Crippen molar-refractivity contribution in [3.8, 4) is 0 Å². The lowest BCUT2D eigenvalue weighted by Gasteiger charge is -2.24. The molecular weight excluding hydrogens is 255 g/mol. The number of amides is 1. The molecule has 0 saturated carbocycles. The van der Waals surface area contributed by atoms with Crippen molar-refractivity contribution in [2.75, 3.05) is 26.7 Å². The second-order valence-electron chi connectivity index (χ2n) is 5.10. The Balaban J connectivity index is 2.58. The maximum absolute atomic E-state index is 13.6. The molecule has 1 amide bonds. The fourth-order valence-corrected chi connectivity index (χ4v) is 1.94. The molecular formula is C16H23FN2O. The van der Waals surface area contributed by atoms with Gasteiger partial charge in [0.05, 0.1) is 6.54 Å². The Hall–Kier alpha value is -1.68. The van der Waals surface area contributed by atoms with Crippen molar-refractivity contribution in [2.45, 2.75) is 20.4 Å². The Morgan fingerprint density at radius 2 is 1.95 bits per heavy atom. The minimum absolute atomic E-state index is 0.0173. The Morgan fingerprint density at radius 3 is 2.50 bits per heavy atom. The molecule has 0 fully saturated rings. The van der Waals surface area contributed by atoms with Crippen molar-refractivity contribution in [3.63, 3.8) is 0 Å². The van der Waals surface area contributed by atoms with Gasteiger partial charge in [0, 0.05) is 25.7 Å². The molecule has 0 saturated heterocycles. The Morgan fingerprint density at radius 1 is 1.30 bits per heavy atom. The molecule has 0 N–H and O–H groups in total. The van der Waals surface area contributed by atoms with E-state index in [9.17, 15) is 9.18 Å². The normalized spacial score (nSPS) is 10.7. The van der Waals surface area contributed by atoms with Gasteiger partial charge in [0.15, 0.2) is 0 Å². The number of nitrogens with zero attached hydrogens (tertiary/aromatic N) is 2. The number of likely N-dealkylation sites (N-methyl/N-ethyl adjacent to an activating group) is 2. The van der Waals surface area contributed by atoms with Crippen LogP contribution in [0, 0.1) is 5.82 Å². The zero-order valence-electron chi connectivity index (χ0n) is 12.5. The van der Waals surface area contributed by atoms with E-state index in [1.54, 1.807) is 30.1 Å². The van der Waals surface area contributed by atoms with Crippen molar-refractivity contribution in [1.29, 1.82) is 0 Å². The summed E-state index contributed by atoms with van der Waals surface area (Å²) in [5, 5.41) is 0. The van der Waals surface area contributed by atoms with Crippen LogP contribution in [0.3, 0.4) is 0 Å². The summed E-state index contributed by atoms with van der Waals surface area (Å²) >= 11 is 0. The molecule has 0 atom stereocenters. The van der Waals surface area contributed by atoms with Gasteiger partial charge in [0.2, 0.25) is 5.91 Å². The maximum Gasteiger partial charge on any atom is 0.236 e. The summed E-state index contributed by atoms with van der Waals surface area (Å²) in [6.45, 7) is 9.91. The van der Waals surface area contributed by atoms with Gasteiger partial charge in [-0.25, -0.2) is 4.39 Å². The van der Waals surface area contributed by atoms with Gasteiger partial charge in [-0.1, -0.05) is 37.3 Å². The van der Waals surface area contributed by atoms with Gasteiger partial charge in [0.25, 0.3) is 0 Å². The first-order chi connectivity index (χ1) is 9.43. The van der Waals surface area contributed by atoms with E-state index < -0.39 is 0 Å². The molecule has 0 spiro atoms. The average Bonchev–Trinajstić information content (AvgIpc) is 2.39. The molecule has 4 heteroatoms. The van der Waals surface area contributed by atoms with Gasteiger partial charge < -0.3 is 4.90 Å². The molecule has 0 aliphatic rings. The third kappa shape index (κ3) is 5.13. The van der Waals surface area contributed by atoms with E-state index in [1.807, 2.05) is 18.7 Å². The summed E-state index contributed by atoms with van der Waals surface area (Å²) < 4.78 is 13.6. The van der Waals surface area contributed by atoms with Gasteiger partial charge in [-0.3, -0.25) is 9.69 Å². The zero-order valence-corrected chi connectivity index (χ0v) is 12.5. The van der Waals surface area contributed by atoms with E-state index >= 15 is 0 Å². The average molecular weight is 278 g/mol. The summed E-state index contributed by atoms with van der Waals surface area (Å²) in [5.74, 6) is -0.294. The van der Waals surface area contributed by atoms with Crippen molar-refractivity contribution in [3.05, 3.63) is 47.8 Å². The lowest BCUT2D eigenvalue weighted by molar-refractivity contribution is -0.131. The van der Waals surface area contributed by atoms with Crippen LogP contribution in [0.15, 0.2) is 36.4 Å². The molecule has 1 rings (SSSR count). The first-order valence-electron chi connectivity index (χ1n) is 6.78. The minimum Gasteiger partial charge on any atom is -0.340 e. The maximum atomic E-state index is 13.6. The predicted octanol–water partition coefficient (Wildman–Crippen LogP) is 2.68. The number of carbonyl (C=O) groups is 1. The summed E-state index contributed by atoms with van der Waals surface area (Å²) in [6, 6.07) is 6.53. The van der Waals surface area contributed by atoms with E-state index in [4.69, 9.17) is 0 Å². The van der Waals surface area contributed by atoms with Crippen LogP contribution in [-0.2, 0) is 11.3 Å². The molecule has 0 heterocycles. The molecule has 0 unspecified atom stereocenters. The first kappa shape index (κ1) is 16.4. The van der Waals surface area contributed by atoms with Gasteiger partial charge in [-0.05, 0) is 19.5 Å². The summed E-state index contributed by atoms with van der Waals surface area (Å²) in [5.41, 5.74) is 1.56. The number of carbonyl (C=O) groups excluding carboxylic acids is 1. The molecule has 1 aromatic carbocycles. The monoisotopic (exact) mass is 278 g/mol. The van der Waals surface area contributed by atoms with E-state index in [2.05, 4.69) is 6.58 Å². The Bertz CT molecular complexity index is 473. The lowest BCUT2D eigenvalue weighted by Crippen LogP contribution is -2.38. The topological polar surface area (TPSA) is 23.6 Å². The van der Waals surface area contributed by atoms with Crippen LogP contribution in [0.25, 0.3) is 0 Å². The number of hydrogen-bond donors (Lipinski definition) is 0. The van der Waals surface area contributed by atoms with Gasteiger partial charge in [-0.15, -0.1) is 0 Å². The Kier molecular flexibility index (Phi) is 6.39. The molecule has 0 radical (unpaired) electrons.